The minimum atomic E-state index is 0.397. The van der Waals surface area contributed by atoms with Crippen LogP contribution in [0.15, 0.2) is 24.8 Å². The molecule has 2 rings (SSSR count). The van der Waals surface area contributed by atoms with Crippen LogP contribution in [-0.4, -0.2) is 15.6 Å². The number of nitrogens with zero attached hydrogens (tertiary/aromatic N) is 2. The Kier molecular flexibility index (Phi) is 4.19. The first-order valence-electron chi connectivity index (χ1n) is 6.35. The average Bonchev–Trinajstić information content (AvgIpc) is 2.88. The fourth-order valence-corrected chi connectivity index (χ4v) is 3.38. The summed E-state index contributed by atoms with van der Waals surface area (Å²) < 4.78 is 2.11. The largest absolute Gasteiger partial charge is 0.336 e. The summed E-state index contributed by atoms with van der Waals surface area (Å²) in [6, 6.07) is 3.11. The van der Waals surface area contributed by atoms with Crippen molar-refractivity contribution in [3.63, 3.8) is 0 Å². The Hall–Kier alpha value is -1.13. The maximum atomic E-state index is 4.07. The van der Waals surface area contributed by atoms with E-state index >= 15 is 0 Å². The molecule has 0 aliphatic heterocycles. The number of hydrogen-bond acceptors (Lipinski definition) is 3. The SMILES string of the molecule is Cc1cc(C(C)NC(C)Cn2ccnc2)c(C)s1. The van der Waals surface area contributed by atoms with Crippen molar-refractivity contribution < 1.29 is 0 Å². The number of rotatable bonds is 5. The van der Waals surface area contributed by atoms with E-state index in [2.05, 4.69) is 48.6 Å². The summed E-state index contributed by atoms with van der Waals surface area (Å²) in [5, 5.41) is 3.65. The second-order valence-corrected chi connectivity index (χ2v) is 6.38. The Morgan fingerprint density at radius 2 is 2.17 bits per heavy atom. The molecule has 2 unspecified atom stereocenters. The molecule has 0 saturated carbocycles. The van der Waals surface area contributed by atoms with E-state index in [1.165, 1.54) is 15.3 Å². The van der Waals surface area contributed by atoms with Crippen LogP contribution in [0.2, 0.25) is 0 Å². The lowest BCUT2D eigenvalue weighted by Gasteiger charge is -2.20. The average molecular weight is 263 g/mol. The summed E-state index contributed by atoms with van der Waals surface area (Å²) in [4.78, 5) is 6.87. The molecule has 0 aromatic carbocycles. The summed E-state index contributed by atoms with van der Waals surface area (Å²) in [6.07, 6.45) is 5.69. The molecule has 2 atom stereocenters. The molecule has 18 heavy (non-hydrogen) atoms. The number of nitrogens with one attached hydrogen (secondary N) is 1. The van der Waals surface area contributed by atoms with Crippen LogP contribution in [-0.2, 0) is 6.54 Å². The topological polar surface area (TPSA) is 29.9 Å². The summed E-state index contributed by atoms with van der Waals surface area (Å²) in [5.74, 6) is 0. The third-order valence-corrected chi connectivity index (χ3v) is 4.11. The van der Waals surface area contributed by atoms with Crippen LogP contribution in [0.1, 0.15) is 35.2 Å². The predicted octanol–water partition coefficient (Wildman–Crippen LogP) is 3.30. The number of thiophene rings is 1. The molecule has 0 amide bonds. The third kappa shape index (κ3) is 3.21. The lowest BCUT2D eigenvalue weighted by atomic mass is 10.1. The maximum Gasteiger partial charge on any atom is 0.0946 e. The van der Waals surface area contributed by atoms with Crippen LogP contribution in [0.3, 0.4) is 0 Å². The minimum Gasteiger partial charge on any atom is -0.336 e. The zero-order valence-electron chi connectivity index (χ0n) is 11.5. The highest BCUT2D eigenvalue weighted by atomic mass is 32.1. The molecule has 0 aliphatic rings. The normalized spacial score (nSPS) is 14.7. The van der Waals surface area contributed by atoms with Gasteiger partial charge in [0.1, 0.15) is 0 Å². The van der Waals surface area contributed by atoms with E-state index in [4.69, 9.17) is 0 Å². The molecule has 98 valence electrons. The molecule has 2 heterocycles. The van der Waals surface area contributed by atoms with E-state index < -0.39 is 0 Å². The van der Waals surface area contributed by atoms with Crippen molar-refractivity contribution in [1.82, 2.24) is 14.9 Å². The molecule has 2 aromatic rings. The predicted molar refractivity (Wildman–Crippen MR) is 77.0 cm³/mol. The summed E-state index contributed by atoms with van der Waals surface area (Å²) >= 11 is 1.87. The van der Waals surface area contributed by atoms with Crippen LogP contribution in [0.4, 0.5) is 0 Å². The molecule has 0 fully saturated rings. The standard InChI is InChI=1S/C14H21N3S/c1-10(8-17-6-5-15-9-17)16-12(3)14-7-11(2)18-13(14)4/h5-7,9-10,12,16H,8H2,1-4H3. The number of aryl methyl sites for hydroxylation is 2. The molecular formula is C14H21N3S. The molecule has 2 aromatic heterocycles. The van der Waals surface area contributed by atoms with Gasteiger partial charge in [0, 0.05) is 40.8 Å². The first-order valence-corrected chi connectivity index (χ1v) is 7.16. The van der Waals surface area contributed by atoms with Crippen LogP contribution >= 0.6 is 11.3 Å². The Balaban J connectivity index is 1.94. The maximum absolute atomic E-state index is 4.07. The van der Waals surface area contributed by atoms with Gasteiger partial charge in [-0.15, -0.1) is 11.3 Å². The van der Waals surface area contributed by atoms with Crippen LogP contribution in [0.5, 0.6) is 0 Å². The van der Waals surface area contributed by atoms with E-state index in [9.17, 15) is 0 Å². The molecule has 0 saturated heterocycles. The van der Waals surface area contributed by atoms with Crippen LogP contribution in [0, 0.1) is 13.8 Å². The molecule has 1 N–H and O–H groups in total. The van der Waals surface area contributed by atoms with Crippen molar-refractivity contribution >= 4 is 11.3 Å². The van der Waals surface area contributed by atoms with Gasteiger partial charge in [-0.3, -0.25) is 0 Å². The smallest absolute Gasteiger partial charge is 0.0946 e. The van der Waals surface area contributed by atoms with Crippen molar-refractivity contribution in [3.05, 3.63) is 40.1 Å². The Labute approximate surface area is 113 Å². The van der Waals surface area contributed by atoms with Crippen molar-refractivity contribution in [2.75, 3.05) is 0 Å². The lowest BCUT2D eigenvalue weighted by molar-refractivity contribution is 0.430. The minimum absolute atomic E-state index is 0.397. The fraction of sp³-hybridized carbons (Fsp3) is 0.500. The number of hydrogen-bond donors (Lipinski definition) is 1. The van der Waals surface area contributed by atoms with E-state index in [1.807, 2.05) is 30.1 Å². The second-order valence-electron chi connectivity index (χ2n) is 4.92. The van der Waals surface area contributed by atoms with Gasteiger partial charge in [0.2, 0.25) is 0 Å². The molecule has 0 spiro atoms. The Bertz CT molecular complexity index is 487. The lowest BCUT2D eigenvalue weighted by Crippen LogP contribution is -2.32. The Morgan fingerprint density at radius 1 is 1.39 bits per heavy atom. The van der Waals surface area contributed by atoms with Gasteiger partial charge in [0.25, 0.3) is 0 Å². The first-order chi connectivity index (χ1) is 8.56. The third-order valence-electron chi connectivity index (χ3n) is 3.12. The highest BCUT2D eigenvalue weighted by Gasteiger charge is 2.13. The monoisotopic (exact) mass is 263 g/mol. The van der Waals surface area contributed by atoms with Gasteiger partial charge in [-0.05, 0) is 39.3 Å². The summed E-state index contributed by atoms with van der Waals surface area (Å²) in [6.45, 7) is 9.77. The van der Waals surface area contributed by atoms with Gasteiger partial charge in [0.05, 0.1) is 6.33 Å². The quantitative estimate of drug-likeness (QED) is 0.897. The zero-order valence-corrected chi connectivity index (χ0v) is 12.3. The molecule has 0 bridgehead atoms. The van der Waals surface area contributed by atoms with Gasteiger partial charge in [0.15, 0.2) is 0 Å². The molecular weight excluding hydrogens is 242 g/mol. The van der Waals surface area contributed by atoms with Gasteiger partial charge >= 0.3 is 0 Å². The van der Waals surface area contributed by atoms with Crippen molar-refractivity contribution in [3.8, 4) is 0 Å². The molecule has 4 heteroatoms. The fourth-order valence-electron chi connectivity index (χ4n) is 2.36. The second kappa shape index (κ2) is 5.67. The van der Waals surface area contributed by atoms with Crippen molar-refractivity contribution in [1.29, 1.82) is 0 Å². The van der Waals surface area contributed by atoms with Gasteiger partial charge in [-0.2, -0.15) is 0 Å². The number of imidazole rings is 1. The van der Waals surface area contributed by atoms with Gasteiger partial charge in [-0.1, -0.05) is 0 Å². The molecule has 0 aliphatic carbocycles. The van der Waals surface area contributed by atoms with Crippen molar-refractivity contribution in [2.45, 2.75) is 46.3 Å². The Morgan fingerprint density at radius 3 is 2.72 bits per heavy atom. The van der Waals surface area contributed by atoms with Crippen LogP contribution < -0.4 is 5.32 Å². The highest BCUT2D eigenvalue weighted by molar-refractivity contribution is 7.12. The van der Waals surface area contributed by atoms with E-state index in [0.29, 0.717) is 12.1 Å². The van der Waals surface area contributed by atoms with E-state index in [-0.39, 0.29) is 0 Å². The molecule has 3 nitrogen and oxygen atoms in total. The summed E-state index contributed by atoms with van der Waals surface area (Å²) in [5.41, 5.74) is 1.43. The van der Waals surface area contributed by atoms with E-state index in [0.717, 1.165) is 6.54 Å². The van der Waals surface area contributed by atoms with Crippen molar-refractivity contribution in [2.24, 2.45) is 0 Å². The first kappa shape index (κ1) is 13.3. The van der Waals surface area contributed by atoms with Crippen LogP contribution in [0.25, 0.3) is 0 Å². The van der Waals surface area contributed by atoms with Gasteiger partial charge in [-0.25, -0.2) is 4.98 Å². The summed E-state index contributed by atoms with van der Waals surface area (Å²) in [7, 11) is 0. The van der Waals surface area contributed by atoms with E-state index in [1.54, 1.807) is 0 Å². The zero-order chi connectivity index (χ0) is 13.1. The molecule has 0 radical (unpaired) electrons. The number of aromatic nitrogens is 2. The van der Waals surface area contributed by atoms with Gasteiger partial charge < -0.3 is 9.88 Å². The highest BCUT2D eigenvalue weighted by Crippen LogP contribution is 2.26.